The average molecular weight is 278 g/mol. The van der Waals surface area contributed by atoms with E-state index in [1.807, 2.05) is 0 Å². The molecule has 4 nitrogen and oxygen atoms in total. The van der Waals surface area contributed by atoms with Gasteiger partial charge in [-0.3, -0.25) is 9.59 Å². The predicted molar refractivity (Wildman–Crippen MR) is 80.3 cm³/mol. The van der Waals surface area contributed by atoms with Gasteiger partial charge in [0.05, 0.1) is 0 Å². The van der Waals surface area contributed by atoms with E-state index >= 15 is 0 Å². The number of hydrogen-bond acceptors (Lipinski definition) is 3. The average Bonchev–Trinajstić information content (AvgIpc) is 2.88. The zero-order chi connectivity index (χ0) is 14.6. The van der Waals surface area contributed by atoms with Crippen LogP contribution < -0.4 is 0 Å². The lowest BCUT2D eigenvalue weighted by Crippen LogP contribution is -1.89. The second-order valence-corrected chi connectivity index (χ2v) is 5.30. The second-order valence-electron chi connectivity index (χ2n) is 5.30. The van der Waals surface area contributed by atoms with Gasteiger partial charge in [-0.15, -0.1) is 0 Å². The van der Waals surface area contributed by atoms with Gasteiger partial charge in [0, 0.05) is 6.42 Å². The van der Waals surface area contributed by atoms with Crippen molar-refractivity contribution in [1.29, 1.82) is 0 Å². The first kappa shape index (κ1) is 16.6. The number of unbranched alkanes of at least 4 members (excludes halogenated alkanes) is 8. The summed E-state index contributed by atoms with van der Waals surface area (Å²) in [6, 6.07) is 0. The summed E-state index contributed by atoms with van der Waals surface area (Å²) in [4.78, 5) is 28.4. The normalized spacial score (nSPS) is 10.7. The monoisotopic (exact) mass is 278 g/mol. The SMILES string of the molecule is CCCCCCCCCCCc1nc(C=O)c(C=O)[nH]1. The van der Waals surface area contributed by atoms with Crippen LogP contribution in [0.1, 0.15) is 91.5 Å². The van der Waals surface area contributed by atoms with Crippen LogP contribution in [0.3, 0.4) is 0 Å². The van der Waals surface area contributed by atoms with Crippen LogP contribution in [0.25, 0.3) is 0 Å². The molecule has 0 fully saturated rings. The highest BCUT2D eigenvalue weighted by molar-refractivity contribution is 5.86. The minimum absolute atomic E-state index is 0.228. The summed E-state index contributed by atoms with van der Waals surface area (Å²) in [5.74, 6) is 0.747. The maximum Gasteiger partial charge on any atom is 0.170 e. The molecule has 0 atom stereocenters. The second kappa shape index (κ2) is 10.4. The fourth-order valence-corrected chi connectivity index (χ4v) is 2.35. The minimum atomic E-state index is 0.228. The number of imidazole rings is 1. The molecule has 0 unspecified atom stereocenters. The summed E-state index contributed by atoms with van der Waals surface area (Å²) in [6.45, 7) is 2.24. The number of carbonyl (C=O) groups is 2. The quantitative estimate of drug-likeness (QED) is 0.462. The Kier molecular flexibility index (Phi) is 8.59. The maximum absolute atomic E-state index is 10.7. The third-order valence-electron chi connectivity index (χ3n) is 3.56. The molecular formula is C16H26N2O2. The van der Waals surface area contributed by atoms with E-state index in [2.05, 4.69) is 16.9 Å². The van der Waals surface area contributed by atoms with Crippen LogP contribution in [0.4, 0.5) is 0 Å². The van der Waals surface area contributed by atoms with Gasteiger partial charge < -0.3 is 4.98 Å². The summed E-state index contributed by atoms with van der Waals surface area (Å²) in [5, 5.41) is 0. The Bertz CT molecular complexity index is 374. The molecule has 0 amide bonds. The van der Waals surface area contributed by atoms with Gasteiger partial charge in [0.2, 0.25) is 0 Å². The first-order valence-corrected chi connectivity index (χ1v) is 7.81. The van der Waals surface area contributed by atoms with Crippen molar-refractivity contribution in [2.75, 3.05) is 0 Å². The Morgan fingerprint density at radius 2 is 1.50 bits per heavy atom. The number of carbonyl (C=O) groups excluding carboxylic acids is 2. The molecule has 112 valence electrons. The molecule has 0 saturated carbocycles. The molecule has 1 N–H and O–H groups in total. The highest BCUT2D eigenvalue weighted by Gasteiger charge is 2.07. The number of aromatic amines is 1. The molecule has 0 aromatic carbocycles. The van der Waals surface area contributed by atoms with Crippen LogP contribution in [0.5, 0.6) is 0 Å². The Balaban J connectivity index is 2.08. The van der Waals surface area contributed by atoms with Crippen LogP contribution in [-0.2, 0) is 6.42 Å². The van der Waals surface area contributed by atoms with Crippen molar-refractivity contribution < 1.29 is 9.59 Å². The molecule has 1 rings (SSSR count). The van der Waals surface area contributed by atoms with Gasteiger partial charge >= 0.3 is 0 Å². The van der Waals surface area contributed by atoms with Gasteiger partial charge in [-0.2, -0.15) is 0 Å². The van der Waals surface area contributed by atoms with E-state index in [0.29, 0.717) is 18.3 Å². The number of hydrogen-bond donors (Lipinski definition) is 1. The van der Waals surface area contributed by atoms with E-state index in [0.717, 1.165) is 18.7 Å². The highest BCUT2D eigenvalue weighted by atomic mass is 16.1. The largest absolute Gasteiger partial charge is 0.339 e. The van der Waals surface area contributed by atoms with E-state index in [1.54, 1.807) is 0 Å². The van der Waals surface area contributed by atoms with Gasteiger partial charge in [0.1, 0.15) is 17.2 Å². The molecule has 1 aromatic rings. The Labute approximate surface area is 121 Å². The van der Waals surface area contributed by atoms with Crippen LogP contribution in [0.2, 0.25) is 0 Å². The molecule has 0 aliphatic heterocycles. The predicted octanol–water partition coefficient (Wildman–Crippen LogP) is 4.11. The van der Waals surface area contributed by atoms with Crippen molar-refractivity contribution in [2.45, 2.75) is 71.1 Å². The summed E-state index contributed by atoms with van der Waals surface area (Å²) < 4.78 is 0. The van der Waals surface area contributed by atoms with Gasteiger partial charge in [-0.05, 0) is 6.42 Å². The summed E-state index contributed by atoms with van der Waals surface area (Å²) >= 11 is 0. The van der Waals surface area contributed by atoms with Crippen LogP contribution >= 0.6 is 0 Å². The number of aromatic nitrogens is 2. The van der Waals surface area contributed by atoms with Crippen LogP contribution in [0, 0.1) is 0 Å². The molecule has 0 aliphatic carbocycles. The number of aldehydes is 2. The first-order valence-electron chi connectivity index (χ1n) is 7.81. The van der Waals surface area contributed by atoms with Gasteiger partial charge in [-0.1, -0.05) is 58.3 Å². The lowest BCUT2D eigenvalue weighted by Gasteiger charge is -2.01. The lowest BCUT2D eigenvalue weighted by molar-refractivity contribution is 0.109. The number of rotatable bonds is 12. The number of H-pyrrole nitrogens is 1. The first-order chi connectivity index (χ1) is 9.81. The van der Waals surface area contributed by atoms with Crippen LogP contribution in [-0.4, -0.2) is 22.5 Å². The van der Waals surface area contributed by atoms with Crippen molar-refractivity contribution in [3.8, 4) is 0 Å². The van der Waals surface area contributed by atoms with Gasteiger partial charge in [0.15, 0.2) is 12.6 Å². The number of aryl methyl sites for hydroxylation is 1. The molecule has 1 heterocycles. The fourth-order valence-electron chi connectivity index (χ4n) is 2.35. The number of nitrogens with one attached hydrogen (secondary N) is 1. The van der Waals surface area contributed by atoms with Crippen molar-refractivity contribution in [3.05, 3.63) is 17.2 Å². The molecule has 0 saturated heterocycles. The van der Waals surface area contributed by atoms with Crippen molar-refractivity contribution in [1.82, 2.24) is 9.97 Å². The zero-order valence-corrected chi connectivity index (χ0v) is 12.5. The number of nitrogens with zero attached hydrogens (tertiary/aromatic N) is 1. The third-order valence-corrected chi connectivity index (χ3v) is 3.56. The van der Waals surface area contributed by atoms with Gasteiger partial charge in [-0.25, -0.2) is 4.98 Å². The summed E-state index contributed by atoms with van der Waals surface area (Å²) in [6.07, 6.45) is 13.6. The van der Waals surface area contributed by atoms with E-state index in [-0.39, 0.29) is 5.69 Å². The molecule has 20 heavy (non-hydrogen) atoms. The van der Waals surface area contributed by atoms with Crippen molar-refractivity contribution in [2.24, 2.45) is 0 Å². The smallest absolute Gasteiger partial charge is 0.170 e. The Morgan fingerprint density at radius 3 is 2.00 bits per heavy atom. The summed E-state index contributed by atoms with van der Waals surface area (Å²) in [7, 11) is 0. The molecule has 0 radical (unpaired) electrons. The topological polar surface area (TPSA) is 62.8 Å². The van der Waals surface area contributed by atoms with E-state index in [1.165, 1.54) is 51.4 Å². The van der Waals surface area contributed by atoms with E-state index in [4.69, 9.17) is 0 Å². The molecule has 0 aliphatic rings. The maximum atomic E-state index is 10.7. The zero-order valence-electron chi connectivity index (χ0n) is 12.5. The standard InChI is InChI=1S/C16H26N2O2/c1-2-3-4-5-6-7-8-9-10-11-16-17-14(12-19)15(13-20)18-16/h12-13H,2-11H2,1H3,(H,17,18). The molecule has 4 heteroatoms. The molecular weight excluding hydrogens is 252 g/mol. The Hall–Kier alpha value is -1.45. The Morgan fingerprint density at radius 1 is 0.900 bits per heavy atom. The van der Waals surface area contributed by atoms with E-state index < -0.39 is 0 Å². The minimum Gasteiger partial charge on any atom is -0.339 e. The molecule has 0 spiro atoms. The highest BCUT2D eigenvalue weighted by Crippen LogP contribution is 2.11. The van der Waals surface area contributed by atoms with Crippen molar-refractivity contribution in [3.63, 3.8) is 0 Å². The van der Waals surface area contributed by atoms with Gasteiger partial charge in [0.25, 0.3) is 0 Å². The molecule has 1 aromatic heterocycles. The fraction of sp³-hybridized carbons (Fsp3) is 0.688. The summed E-state index contributed by atoms with van der Waals surface area (Å²) in [5.41, 5.74) is 0.525. The van der Waals surface area contributed by atoms with Crippen LogP contribution in [0.15, 0.2) is 0 Å². The van der Waals surface area contributed by atoms with E-state index in [9.17, 15) is 9.59 Å². The van der Waals surface area contributed by atoms with Crippen molar-refractivity contribution >= 4 is 12.6 Å². The molecule has 0 bridgehead atoms. The third kappa shape index (κ3) is 6.13. The lowest BCUT2D eigenvalue weighted by atomic mass is 10.1.